The topological polar surface area (TPSA) is 32.3 Å². The van der Waals surface area contributed by atoms with E-state index in [1.54, 1.807) is 6.07 Å². The third-order valence-corrected chi connectivity index (χ3v) is 4.50. The monoisotopic (exact) mass is 400 g/mol. The van der Waals surface area contributed by atoms with Gasteiger partial charge in [0.2, 0.25) is 0 Å². The van der Waals surface area contributed by atoms with Gasteiger partial charge in [0.25, 0.3) is 5.91 Å². The normalized spacial score (nSPS) is 19.3. The molecule has 2 rings (SSSR count). The lowest BCUT2D eigenvalue weighted by Crippen LogP contribution is -2.52. The summed E-state index contributed by atoms with van der Waals surface area (Å²) in [5.41, 5.74) is 0.671. The average molecular weight is 401 g/mol. The molecular weight excluding hydrogens is 386 g/mol. The second-order valence-corrected chi connectivity index (χ2v) is 5.75. The molecule has 1 saturated heterocycles. The van der Waals surface area contributed by atoms with Gasteiger partial charge in [-0.05, 0) is 47.7 Å². The molecule has 1 N–H and O–H groups in total. The summed E-state index contributed by atoms with van der Waals surface area (Å²) in [4.78, 5) is 14.2. The maximum Gasteiger partial charge on any atom is 0.254 e. The summed E-state index contributed by atoms with van der Waals surface area (Å²) in [6.07, 6.45) is 0. The summed E-state index contributed by atoms with van der Waals surface area (Å²) < 4.78 is 0.967. The highest BCUT2D eigenvalue weighted by Gasteiger charge is 2.24. The van der Waals surface area contributed by atoms with Gasteiger partial charge < -0.3 is 10.2 Å². The van der Waals surface area contributed by atoms with Crippen molar-refractivity contribution in [3.8, 4) is 0 Å². The fourth-order valence-electron chi connectivity index (χ4n) is 1.94. The van der Waals surface area contributed by atoms with Crippen molar-refractivity contribution in [3.63, 3.8) is 0 Å². The Labute approximate surface area is 132 Å². The zero-order valence-electron chi connectivity index (χ0n) is 9.95. The molecule has 18 heavy (non-hydrogen) atoms. The first-order valence-corrected chi connectivity index (χ1v) is 7.02. The van der Waals surface area contributed by atoms with E-state index >= 15 is 0 Å². The molecule has 0 aliphatic carbocycles. The van der Waals surface area contributed by atoms with E-state index in [4.69, 9.17) is 11.6 Å². The van der Waals surface area contributed by atoms with Gasteiger partial charge in [-0.3, -0.25) is 4.79 Å². The quantitative estimate of drug-likeness (QED) is 0.735. The molecule has 1 aliphatic heterocycles. The van der Waals surface area contributed by atoms with Gasteiger partial charge in [0.05, 0.1) is 5.02 Å². The molecule has 1 amide bonds. The molecule has 0 bridgehead atoms. The molecule has 100 valence electrons. The summed E-state index contributed by atoms with van der Waals surface area (Å²) in [5, 5.41) is 3.91. The molecule has 0 saturated carbocycles. The van der Waals surface area contributed by atoms with Gasteiger partial charge in [-0.2, -0.15) is 0 Å². The van der Waals surface area contributed by atoms with E-state index in [0.717, 1.165) is 23.2 Å². The van der Waals surface area contributed by atoms with Crippen molar-refractivity contribution < 1.29 is 4.79 Å². The van der Waals surface area contributed by atoms with Crippen LogP contribution in [-0.2, 0) is 0 Å². The zero-order valence-corrected chi connectivity index (χ0v) is 13.7. The van der Waals surface area contributed by atoms with Crippen LogP contribution in [0, 0.1) is 3.57 Å². The van der Waals surface area contributed by atoms with E-state index < -0.39 is 0 Å². The highest BCUT2D eigenvalue weighted by Crippen LogP contribution is 2.21. The van der Waals surface area contributed by atoms with Crippen molar-refractivity contribution >= 4 is 52.5 Å². The Morgan fingerprint density at radius 3 is 2.89 bits per heavy atom. The molecule has 0 radical (unpaired) electrons. The third kappa shape index (κ3) is 3.50. The van der Waals surface area contributed by atoms with Crippen molar-refractivity contribution in [2.24, 2.45) is 0 Å². The maximum atomic E-state index is 12.3. The minimum Gasteiger partial charge on any atom is -0.333 e. The van der Waals surface area contributed by atoms with Crippen LogP contribution in [-0.4, -0.2) is 36.5 Å². The largest absolute Gasteiger partial charge is 0.333 e. The SMILES string of the molecule is C[C@@H]1CNCCN1C(=O)c1ccc(I)c(Cl)c1.Cl. The Bertz CT molecular complexity index is 442. The van der Waals surface area contributed by atoms with Gasteiger partial charge >= 0.3 is 0 Å². The van der Waals surface area contributed by atoms with E-state index in [0.29, 0.717) is 10.6 Å². The Morgan fingerprint density at radius 1 is 1.56 bits per heavy atom. The minimum atomic E-state index is 0. The van der Waals surface area contributed by atoms with Crippen LogP contribution in [0.25, 0.3) is 0 Å². The Hall–Kier alpha value is -0.0400. The molecule has 1 aromatic rings. The molecule has 1 atom stereocenters. The lowest BCUT2D eigenvalue weighted by atomic mass is 10.1. The van der Waals surface area contributed by atoms with Crippen LogP contribution in [0.4, 0.5) is 0 Å². The van der Waals surface area contributed by atoms with E-state index in [1.807, 2.05) is 17.0 Å². The Kier molecular flexibility index (Phi) is 6.17. The number of rotatable bonds is 1. The average Bonchev–Trinajstić information content (AvgIpc) is 2.32. The molecular formula is C12H15Cl2IN2O. The van der Waals surface area contributed by atoms with Crippen molar-refractivity contribution in [2.75, 3.05) is 19.6 Å². The van der Waals surface area contributed by atoms with Gasteiger partial charge in [0.15, 0.2) is 0 Å². The van der Waals surface area contributed by atoms with Crippen LogP contribution < -0.4 is 5.32 Å². The van der Waals surface area contributed by atoms with Crippen molar-refractivity contribution in [2.45, 2.75) is 13.0 Å². The fourth-order valence-corrected chi connectivity index (χ4v) is 2.45. The second-order valence-electron chi connectivity index (χ2n) is 4.18. The molecule has 0 aromatic heterocycles. The van der Waals surface area contributed by atoms with E-state index in [1.165, 1.54) is 0 Å². The first kappa shape index (κ1) is 16.0. The number of nitrogens with zero attached hydrogens (tertiary/aromatic N) is 1. The van der Waals surface area contributed by atoms with Gasteiger partial charge in [-0.15, -0.1) is 12.4 Å². The smallest absolute Gasteiger partial charge is 0.254 e. The summed E-state index contributed by atoms with van der Waals surface area (Å²) >= 11 is 8.20. The van der Waals surface area contributed by atoms with Crippen LogP contribution in [0.1, 0.15) is 17.3 Å². The highest BCUT2D eigenvalue weighted by atomic mass is 127. The highest BCUT2D eigenvalue weighted by molar-refractivity contribution is 14.1. The van der Waals surface area contributed by atoms with Crippen LogP contribution in [0.15, 0.2) is 18.2 Å². The van der Waals surface area contributed by atoms with Gasteiger partial charge in [0.1, 0.15) is 0 Å². The van der Waals surface area contributed by atoms with Crippen molar-refractivity contribution in [1.82, 2.24) is 10.2 Å². The molecule has 3 nitrogen and oxygen atoms in total. The number of carbonyl (C=O) groups excluding carboxylic acids is 1. The fraction of sp³-hybridized carbons (Fsp3) is 0.417. The van der Waals surface area contributed by atoms with Gasteiger partial charge in [-0.1, -0.05) is 11.6 Å². The first-order valence-electron chi connectivity index (χ1n) is 5.56. The maximum absolute atomic E-state index is 12.3. The van der Waals surface area contributed by atoms with Gasteiger partial charge in [-0.25, -0.2) is 0 Å². The molecule has 6 heteroatoms. The predicted octanol–water partition coefficient (Wildman–Crippen LogP) is 2.80. The number of carbonyl (C=O) groups is 1. The van der Waals surface area contributed by atoms with Crippen LogP contribution in [0.2, 0.25) is 5.02 Å². The van der Waals surface area contributed by atoms with Gasteiger partial charge in [0, 0.05) is 34.8 Å². The lowest BCUT2D eigenvalue weighted by molar-refractivity contribution is 0.0656. The number of hydrogen-bond acceptors (Lipinski definition) is 2. The zero-order chi connectivity index (χ0) is 12.4. The summed E-state index contributed by atoms with van der Waals surface area (Å²) in [6, 6.07) is 5.70. The number of hydrogen-bond donors (Lipinski definition) is 1. The Balaban J connectivity index is 0.00000162. The summed E-state index contributed by atoms with van der Waals surface area (Å²) in [5.74, 6) is 0.0669. The van der Waals surface area contributed by atoms with E-state index in [2.05, 4.69) is 34.8 Å². The Morgan fingerprint density at radius 2 is 2.28 bits per heavy atom. The number of benzene rings is 1. The standard InChI is InChI=1S/C12H14ClIN2O.ClH/c1-8-7-15-4-5-16(8)12(17)9-2-3-11(14)10(13)6-9;/h2-3,6,8,15H,4-5,7H2,1H3;1H/t8-;/m1./s1. The third-order valence-electron chi connectivity index (χ3n) is 2.93. The minimum absolute atomic E-state index is 0. The number of piperazine rings is 1. The molecule has 1 fully saturated rings. The van der Waals surface area contributed by atoms with E-state index in [-0.39, 0.29) is 24.4 Å². The van der Waals surface area contributed by atoms with Crippen molar-refractivity contribution in [3.05, 3.63) is 32.4 Å². The first-order chi connectivity index (χ1) is 8.09. The number of amides is 1. The van der Waals surface area contributed by atoms with Crippen LogP contribution in [0.3, 0.4) is 0 Å². The number of halogens is 3. The van der Waals surface area contributed by atoms with Crippen LogP contribution in [0.5, 0.6) is 0 Å². The van der Waals surface area contributed by atoms with Crippen LogP contribution >= 0.6 is 46.6 Å². The molecule has 0 spiro atoms. The van der Waals surface area contributed by atoms with E-state index in [9.17, 15) is 4.79 Å². The summed E-state index contributed by atoms with van der Waals surface area (Å²) in [6.45, 7) is 4.51. The summed E-state index contributed by atoms with van der Waals surface area (Å²) in [7, 11) is 0. The lowest BCUT2D eigenvalue weighted by Gasteiger charge is -2.34. The molecule has 1 aliphatic rings. The predicted molar refractivity (Wildman–Crippen MR) is 84.8 cm³/mol. The molecule has 1 aromatic carbocycles. The second kappa shape index (κ2) is 6.93. The molecule has 0 unspecified atom stereocenters. The van der Waals surface area contributed by atoms with Crippen molar-refractivity contribution in [1.29, 1.82) is 0 Å². The molecule has 1 heterocycles. The number of nitrogens with one attached hydrogen (secondary N) is 1.